The van der Waals surface area contributed by atoms with Gasteiger partial charge in [0.1, 0.15) is 0 Å². The Balaban J connectivity index is 2.23. The maximum absolute atomic E-state index is 12.2. The van der Waals surface area contributed by atoms with Crippen LogP contribution in [0.1, 0.15) is 34.1 Å². The van der Waals surface area contributed by atoms with Crippen LogP contribution in [0, 0.1) is 0 Å². The molecule has 2 amide bonds. The molecule has 6 nitrogen and oxygen atoms in total. The Morgan fingerprint density at radius 1 is 1.32 bits per heavy atom. The van der Waals surface area contributed by atoms with Crippen molar-refractivity contribution < 1.29 is 9.59 Å². The highest BCUT2D eigenvalue weighted by molar-refractivity contribution is 6.31. The number of aryl methyl sites for hydroxylation is 1. The fourth-order valence-electron chi connectivity index (χ4n) is 1.88. The average Bonchev–Trinajstić information content (AvgIpc) is 2.91. The second-order valence-electron chi connectivity index (χ2n) is 4.80. The predicted molar refractivity (Wildman–Crippen MR) is 85.2 cm³/mol. The molecule has 0 saturated heterocycles. The first-order valence-corrected chi connectivity index (χ1v) is 7.26. The van der Waals surface area contributed by atoms with Crippen LogP contribution in [0.4, 0.5) is 5.69 Å². The van der Waals surface area contributed by atoms with Gasteiger partial charge in [-0.3, -0.25) is 14.3 Å². The monoisotopic (exact) mass is 320 g/mol. The smallest absolute Gasteiger partial charge is 0.258 e. The number of nitrogens with one attached hydrogen (secondary N) is 2. The Hall–Kier alpha value is -2.34. The number of anilines is 1. The first-order chi connectivity index (χ1) is 10.5. The molecule has 0 fully saturated rings. The van der Waals surface area contributed by atoms with Crippen LogP contribution in [0.5, 0.6) is 0 Å². The average molecular weight is 321 g/mol. The van der Waals surface area contributed by atoms with Crippen LogP contribution in [0.2, 0.25) is 5.02 Å². The molecule has 1 aromatic heterocycles. The summed E-state index contributed by atoms with van der Waals surface area (Å²) in [6, 6.07) is 4.75. The lowest BCUT2D eigenvalue weighted by molar-refractivity contribution is 0.0954. The van der Waals surface area contributed by atoms with Crippen molar-refractivity contribution in [2.75, 3.05) is 11.9 Å². The van der Waals surface area contributed by atoms with Crippen LogP contribution in [0.25, 0.3) is 0 Å². The molecule has 0 saturated carbocycles. The summed E-state index contributed by atoms with van der Waals surface area (Å²) < 4.78 is 1.53. The number of hydrogen-bond donors (Lipinski definition) is 2. The summed E-state index contributed by atoms with van der Waals surface area (Å²) in [5, 5.41) is 9.86. The quantitative estimate of drug-likeness (QED) is 0.888. The lowest BCUT2D eigenvalue weighted by atomic mass is 10.1. The van der Waals surface area contributed by atoms with Gasteiger partial charge in [0.25, 0.3) is 11.8 Å². The minimum atomic E-state index is -0.347. The number of carbonyl (C=O) groups is 2. The minimum Gasteiger partial charge on any atom is -0.352 e. The molecule has 2 rings (SSSR count). The van der Waals surface area contributed by atoms with Crippen molar-refractivity contribution in [3.8, 4) is 0 Å². The number of rotatable bonds is 5. The Morgan fingerprint density at radius 2 is 2.09 bits per heavy atom. The van der Waals surface area contributed by atoms with E-state index in [1.165, 1.54) is 10.9 Å². The standard InChI is InChI=1S/C15H17ClN4O2/c1-3-6-17-15(22)12-5-4-11(16)7-13(12)19-14(21)10-8-18-20(2)9-10/h4-5,7-9H,3,6H2,1-2H3,(H,17,22)(H,19,21). The van der Waals surface area contributed by atoms with Crippen LogP contribution in [0.3, 0.4) is 0 Å². The first-order valence-electron chi connectivity index (χ1n) is 6.89. The van der Waals surface area contributed by atoms with E-state index in [1.807, 2.05) is 6.92 Å². The van der Waals surface area contributed by atoms with Crippen molar-refractivity contribution in [1.82, 2.24) is 15.1 Å². The van der Waals surface area contributed by atoms with Gasteiger partial charge in [0, 0.05) is 24.8 Å². The zero-order valence-electron chi connectivity index (χ0n) is 12.4. The molecular weight excluding hydrogens is 304 g/mol. The molecule has 0 aliphatic heterocycles. The summed E-state index contributed by atoms with van der Waals surface area (Å²) in [5.41, 5.74) is 1.15. The van der Waals surface area contributed by atoms with Crippen molar-refractivity contribution in [2.24, 2.45) is 7.05 Å². The van der Waals surface area contributed by atoms with E-state index in [1.54, 1.807) is 31.4 Å². The molecule has 7 heteroatoms. The highest BCUT2D eigenvalue weighted by atomic mass is 35.5. The maximum atomic E-state index is 12.2. The van der Waals surface area contributed by atoms with Crippen molar-refractivity contribution in [1.29, 1.82) is 0 Å². The zero-order chi connectivity index (χ0) is 16.1. The van der Waals surface area contributed by atoms with Gasteiger partial charge in [-0.15, -0.1) is 0 Å². The largest absolute Gasteiger partial charge is 0.352 e. The van der Waals surface area contributed by atoms with Gasteiger partial charge in [-0.25, -0.2) is 0 Å². The van der Waals surface area contributed by atoms with Gasteiger partial charge in [0.15, 0.2) is 0 Å². The van der Waals surface area contributed by atoms with Gasteiger partial charge in [0.05, 0.1) is 23.0 Å². The van der Waals surface area contributed by atoms with Gasteiger partial charge in [-0.05, 0) is 24.6 Å². The summed E-state index contributed by atoms with van der Waals surface area (Å²) in [5.74, 6) is -0.597. The predicted octanol–water partition coefficient (Wildman–Crippen LogP) is 2.47. The molecule has 0 aliphatic carbocycles. The molecule has 116 valence electrons. The first kappa shape index (κ1) is 16.0. The third kappa shape index (κ3) is 3.85. The van der Waals surface area contributed by atoms with E-state index in [0.717, 1.165) is 6.42 Å². The van der Waals surface area contributed by atoms with Gasteiger partial charge >= 0.3 is 0 Å². The number of amides is 2. The van der Waals surface area contributed by atoms with Crippen molar-refractivity contribution in [3.63, 3.8) is 0 Å². The van der Waals surface area contributed by atoms with Gasteiger partial charge in [-0.1, -0.05) is 18.5 Å². The normalized spacial score (nSPS) is 10.3. The molecule has 0 aliphatic rings. The summed E-state index contributed by atoms with van der Waals surface area (Å²) >= 11 is 5.96. The van der Waals surface area contributed by atoms with E-state index < -0.39 is 0 Å². The summed E-state index contributed by atoms with van der Waals surface area (Å²) in [6.07, 6.45) is 3.88. The van der Waals surface area contributed by atoms with E-state index in [0.29, 0.717) is 28.4 Å². The summed E-state index contributed by atoms with van der Waals surface area (Å²) in [4.78, 5) is 24.3. The van der Waals surface area contributed by atoms with Crippen LogP contribution in [-0.2, 0) is 7.05 Å². The fourth-order valence-corrected chi connectivity index (χ4v) is 2.06. The SMILES string of the molecule is CCCNC(=O)c1ccc(Cl)cc1NC(=O)c1cnn(C)c1. The van der Waals surface area contributed by atoms with E-state index in [-0.39, 0.29) is 11.8 Å². The summed E-state index contributed by atoms with van der Waals surface area (Å²) in [7, 11) is 1.72. The molecule has 22 heavy (non-hydrogen) atoms. The number of aromatic nitrogens is 2. The van der Waals surface area contributed by atoms with E-state index in [4.69, 9.17) is 11.6 Å². The Bertz CT molecular complexity index is 697. The van der Waals surface area contributed by atoms with Crippen LogP contribution in [0.15, 0.2) is 30.6 Å². The Morgan fingerprint density at radius 3 is 2.73 bits per heavy atom. The second-order valence-corrected chi connectivity index (χ2v) is 5.24. The molecule has 1 heterocycles. The number of carbonyl (C=O) groups excluding carboxylic acids is 2. The van der Waals surface area contributed by atoms with Gasteiger partial charge < -0.3 is 10.6 Å². The number of benzene rings is 1. The highest BCUT2D eigenvalue weighted by Crippen LogP contribution is 2.22. The molecule has 0 unspecified atom stereocenters. The molecule has 0 radical (unpaired) electrons. The van der Waals surface area contributed by atoms with Gasteiger partial charge in [-0.2, -0.15) is 5.10 Å². The molecule has 0 spiro atoms. The second kappa shape index (κ2) is 7.09. The third-order valence-electron chi connectivity index (χ3n) is 2.98. The van der Waals surface area contributed by atoms with E-state index in [9.17, 15) is 9.59 Å². The minimum absolute atomic E-state index is 0.250. The number of nitrogens with zero attached hydrogens (tertiary/aromatic N) is 2. The van der Waals surface area contributed by atoms with E-state index >= 15 is 0 Å². The van der Waals surface area contributed by atoms with Crippen molar-refractivity contribution in [3.05, 3.63) is 46.7 Å². The Kier molecular flexibility index (Phi) is 5.16. The lowest BCUT2D eigenvalue weighted by Crippen LogP contribution is -2.25. The van der Waals surface area contributed by atoms with Crippen LogP contribution in [-0.4, -0.2) is 28.1 Å². The zero-order valence-corrected chi connectivity index (χ0v) is 13.1. The lowest BCUT2D eigenvalue weighted by Gasteiger charge is -2.11. The van der Waals surface area contributed by atoms with Gasteiger partial charge in [0.2, 0.25) is 0 Å². The van der Waals surface area contributed by atoms with Crippen molar-refractivity contribution in [2.45, 2.75) is 13.3 Å². The molecule has 2 aromatic rings. The molecule has 1 aromatic carbocycles. The maximum Gasteiger partial charge on any atom is 0.258 e. The molecule has 0 atom stereocenters. The number of halogens is 1. The van der Waals surface area contributed by atoms with E-state index in [2.05, 4.69) is 15.7 Å². The highest BCUT2D eigenvalue weighted by Gasteiger charge is 2.15. The van der Waals surface area contributed by atoms with Crippen LogP contribution >= 0.6 is 11.6 Å². The van der Waals surface area contributed by atoms with Crippen molar-refractivity contribution >= 4 is 29.1 Å². The molecule has 0 bridgehead atoms. The fraction of sp³-hybridized carbons (Fsp3) is 0.267. The molecular formula is C15H17ClN4O2. The number of hydrogen-bond acceptors (Lipinski definition) is 3. The van der Waals surface area contributed by atoms with Crippen LogP contribution < -0.4 is 10.6 Å². The third-order valence-corrected chi connectivity index (χ3v) is 3.21. The summed E-state index contributed by atoms with van der Waals surface area (Å²) in [6.45, 7) is 2.53. The topological polar surface area (TPSA) is 76.0 Å². The Labute approximate surface area is 133 Å². The molecule has 2 N–H and O–H groups in total.